The van der Waals surface area contributed by atoms with Crippen molar-refractivity contribution >= 4 is 11.7 Å². The molecule has 6 heteroatoms. The second-order valence-electron chi connectivity index (χ2n) is 4.47. The molecule has 1 aliphatic carbocycles. The Morgan fingerprint density at radius 2 is 2.32 bits per heavy atom. The van der Waals surface area contributed by atoms with Crippen LogP contribution in [0.15, 0.2) is 35.2 Å². The lowest BCUT2D eigenvalue weighted by molar-refractivity contribution is 0.0946. The molecule has 2 heterocycles. The summed E-state index contributed by atoms with van der Waals surface area (Å²) in [7, 11) is 0. The highest BCUT2D eigenvalue weighted by Gasteiger charge is 2.24. The van der Waals surface area contributed by atoms with Crippen LogP contribution in [0.3, 0.4) is 0 Å². The fraction of sp³-hybridized carbons (Fsp3) is 0.308. The van der Waals surface area contributed by atoms with Crippen molar-refractivity contribution in [1.29, 1.82) is 0 Å². The van der Waals surface area contributed by atoms with E-state index >= 15 is 0 Å². The Morgan fingerprint density at radius 1 is 1.42 bits per heavy atom. The number of hydrogen-bond donors (Lipinski definition) is 2. The molecule has 1 saturated carbocycles. The zero-order valence-electron chi connectivity index (χ0n) is 10.3. The summed E-state index contributed by atoms with van der Waals surface area (Å²) < 4.78 is 5.21. The largest absolute Gasteiger partial charge is 0.467 e. The van der Waals surface area contributed by atoms with Crippen LogP contribution in [-0.2, 0) is 6.54 Å². The second-order valence-corrected chi connectivity index (χ2v) is 4.47. The summed E-state index contributed by atoms with van der Waals surface area (Å²) in [6.45, 7) is 0.522. The number of anilines is 1. The van der Waals surface area contributed by atoms with Crippen molar-refractivity contribution in [2.45, 2.75) is 25.4 Å². The number of aromatic nitrogens is 2. The van der Waals surface area contributed by atoms with Gasteiger partial charge in [0, 0.05) is 12.1 Å². The first-order valence-corrected chi connectivity index (χ1v) is 6.20. The van der Waals surface area contributed by atoms with Crippen molar-refractivity contribution in [1.82, 2.24) is 15.3 Å². The third-order valence-electron chi connectivity index (χ3n) is 2.84. The van der Waals surface area contributed by atoms with E-state index < -0.39 is 0 Å². The van der Waals surface area contributed by atoms with Gasteiger partial charge in [-0.25, -0.2) is 9.97 Å². The van der Waals surface area contributed by atoms with E-state index in [1.165, 1.54) is 6.33 Å². The average Bonchev–Trinajstić information content (AvgIpc) is 3.09. The van der Waals surface area contributed by atoms with Gasteiger partial charge >= 0.3 is 0 Å². The number of carbonyl (C=O) groups excluding carboxylic acids is 1. The van der Waals surface area contributed by atoms with Gasteiger partial charge in [0.2, 0.25) is 0 Å². The van der Waals surface area contributed by atoms with E-state index in [2.05, 4.69) is 20.6 Å². The predicted molar refractivity (Wildman–Crippen MR) is 68.6 cm³/mol. The van der Waals surface area contributed by atoms with Gasteiger partial charge in [-0.15, -0.1) is 0 Å². The lowest BCUT2D eigenvalue weighted by atomic mass is 10.3. The molecule has 0 aliphatic heterocycles. The monoisotopic (exact) mass is 258 g/mol. The lowest BCUT2D eigenvalue weighted by Gasteiger charge is -2.06. The first-order chi connectivity index (χ1) is 9.31. The maximum Gasteiger partial charge on any atom is 0.270 e. The Kier molecular flexibility index (Phi) is 3.14. The highest BCUT2D eigenvalue weighted by atomic mass is 16.3. The quantitative estimate of drug-likeness (QED) is 0.851. The Balaban J connectivity index is 1.63. The summed E-state index contributed by atoms with van der Waals surface area (Å²) in [6, 6.07) is 5.66. The van der Waals surface area contributed by atoms with Crippen molar-refractivity contribution in [2.75, 3.05) is 5.32 Å². The second kappa shape index (κ2) is 5.09. The van der Waals surface area contributed by atoms with Crippen LogP contribution < -0.4 is 10.6 Å². The summed E-state index contributed by atoms with van der Waals surface area (Å²) in [6.07, 6.45) is 5.11. The Hall–Kier alpha value is -2.37. The number of furan rings is 1. The molecule has 0 aromatic carbocycles. The van der Waals surface area contributed by atoms with E-state index in [0.29, 0.717) is 24.1 Å². The predicted octanol–water partition coefficient (Wildman–Crippen LogP) is 1.57. The van der Waals surface area contributed by atoms with Gasteiger partial charge < -0.3 is 15.1 Å². The smallest absolute Gasteiger partial charge is 0.270 e. The molecule has 0 atom stereocenters. The van der Waals surface area contributed by atoms with Crippen molar-refractivity contribution in [3.8, 4) is 0 Å². The molecule has 0 spiro atoms. The van der Waals surface area contributed by atoms with Crippen molar-refractivity contribution < 1.29 is 9.21 Å². The molecule has 0 bridgehead atoms. The molecule has 2 aromatic rings. The minimum Gasteiger partial charge on any atom is -0.467 e. The third-order valence-corrected chi connectivity index (χ3v) is 2.84. The summed E-state index contributed by atoms with van der Waals surface area (Å²) in [5, 5.41) is 5.98. The van der Waals surface area contributed by atoms with Gasteiger partial charge in [0.15, 0.2) is 0 Å². The minimum atomic E-state index is -0.147. The van der Waals surface area contributed by atoms with Crippen LogP contribution in [0, 0.1) is 0 Å². The van der Waals surface area contributed by atoms with Crippen LogP contribution in [-0.4, -0.2) is 21.9 Å². The molecule has 19 heavy (non-hydrogen) atoms. The SMILES string of the molecule is O=C(NC1CC1)c1cc(NCc2ccco2)ncn1. The number of amides is 1. The maximum atomic E-state index is 11.8. The fourth-order valence-corrected chi connectivity index (χ4v) is 1.66. The summed E-state index contributed by atoms with van der Waals surface area (Å²) in [5.74, 6) is 1.26. The van der Waals surface area contributed by atoms with Gasteiger partial charge in [-0.3, -0.25) is 4.79 Å². The number of nitrogens with zero attached hydrogens (tertiary/aromatic N) is 2. The van der Waals surface area contributed by atoms with Crippen molar-refractivity contribution in [2.24, 2.45) is 0 Å². The van der Waals surface area contributed by atoms with Gasteiger partial charge in [0.25, 0.3) is 5.91 Å². The van der Waals surface area contributed by atoms with Gasteiger partial charge in [-0.2, -0.15) is 0 Å². The lowest BCUT2D eigenvalue weighted by Crippen LogP contribution is -2.26. The van der Waals surface area contributed by atoms with Crippen molar-refractivity contribution in [3.05, 3.63) is 42.2 Å². The maximum absolute atomic E-state index is 11.8. The van der Waals surface area contributed by atoms with Gasteiger partial charge in [0.05, 0.1) is 12.8 Å². The summed E-state index contributed by atoms with van der Waals surface area (Å²) >= 11 is 0. The van der Waals surface area contributed by atoms with E-state index in [0.717, 1.165) is 18.6 Å². The highest BCUT2D eigenvalue weighted by Crippen LogP contribution is 2.19. The minimum absolute atomic E-state index is 0.147. The molecule has 2 N–H and O–H groups in total. The van der Waals surface area contributed by atoms with Crippen LogP contribution in [0.4, 0.5) is 5.82 Å². The standard InChI is InChI=1S/C13H14N4O2/c18-13(17-9-3-4-9)11-6-12(16-8-15-11)14-7-10-2-1-5-19-10/h1-2,5-6,8-9H,3-4,7H2,(H,17,18)(H,14,15,16). The molecular weight excluding hydrogens is 244 g/mol. The zero-order chi connectivity index (χ0) is 13.1. The molecule has 0 saturated heterocycles. The van der Waals surface area contributed by atoms with E-state index in [1.807, 2.05) is 12.1 Å². The molecule has 1 amide bonds. The molecule has 3 rings (SSSR count). The number of hydrogen-bond acceptors (Lipinski definition) is 5. The Bertz CT molecular complexity index is 564. The molecule has 98 valence electrons. The fourth-order valence-electron chi connectivity index (χ4n) is 1.66. The van der Waals surface area contributed by atoms with Crippen LogP contribution in [0.1, 0.15) is 29.1 Å². The normalized spacial score (nSPS) is 14.1. The molecule has 0 unspecified atom stereocenters. The van der Waals surface area contributed by atoms with Crippen molar-refractivity contribution in [3.63, 3.8) is 0 Å². The van der Waals surface area contributed by atoms with Gasteiger partial charge in [0.1, 0.15) is 23.6 Å². The van der Waals surface area contributed by atoms with E-state index in [-0.39, 0.29) is 5.91 Å². The van der Waals surface area contributed by atoms with Gasteiger partial charge in [-0.05, 0) is 25.0 Å². The summed E-state index contributed by atoms with van der Waals surface area (Å²) in [5.41, 5.74) is 0.379. The topological polar surface area (TPSA) is 80.0 Å². The first-order valence-electron chi connectivity index (χ1n) is 6.20. The van der Waals surface area contributed by atoms with E-state index in [1.54, 1.807) is 12.3 Å². The average molecular weight is 258 g/mol. The Labute approximate surface area is 110 Å². The molecule has 0 radical (unpaired) electrons. The van der Waals surface area contributed by atoms with E-state index in [4.69, 9.17) is 4.42 Å². The molecule has 1 aliphatic rings. The highest BCUT2D eigenvalue weighted by molar-refractivity contribution is 5.93. The molecule has 1 fully saturated rings. The number of carbonyl (C=O) groups is 1. The van der Waals surface area contributed by atoms with Crippen LogP contribution >= 0.6 is 0 Å². The first kappa shape index (κ1) is 11.7. The van der Waals surface area contributed by atoms with Gasteiger partial charge in [-0.1, -0.05) is 0 Å². The summed E-state index contributed by atoms with van der Waals surface area (Å²) in [4.78, 5) is 19.9. The van der Waals surface area contributed by atoms with Crippen LogP contribution in [0.5, 0.6) is 0 Å². The Morgan fingerprint density at radius 3 is 3.05 bits per heavy atom. The third kappa shape index (κ3) is 3.09. The number of nitrogens with one attached hydrogen (secondary N) is 2. The van der Waals surface area contributed by atoms with Crippen LogP contribution in [0.2, 0.25) is 0 Å². The molecular formula is C13H14N4O2. The molecule has 2 aromatic heterocycles. The van der Waals surface area contributed by atoms with E-state index in [9.17, 15) is 4.79 Å². The number of rotatable bonds is 5. The van der Waals surface area contributed by atoms with Crippen LogP contribution in [0.25, 0.3) is 0 Å². The zero-order valence-corrected chi connectivity index (χ0v) is 10.3. The molecule has 6 nitrogen and oxygen atoms in total.